The quantitative estimate of drug-likeness (QED) is 0.884. The van der Waals surface area contributed by atoms with E-state index in [1.165, 1.54) is 16.8 Å². The van der Waals surface area contributed by atoms with E-state index >= 15 is 0 Å². The van der Waals surface area contributed by atoms with Crippen molar-refractivity contribution in [3.8, 4) is 0 Å². The molecule has 2 rings (SSSR count). The Morgan fingerprint density at radius 1 is 1.47 bits per heavy atom. The van der Waals surface area contributed by atoms with Crippen molar-refractivity contribution >= 4 is 21.9 Å². The molecular weight excluding hydrogens is 319 g/mol. The first-order chi connectivity index (χ1) is 9.01. The zero-order valence-corrected chi connectivity index (χ0v) is 11.3. The summed E-state index contributed by atoms with van der Waals surface area (Å²) in [6, 6.07) is 4.38. The first-order valence-corrected chi connectivity index (χ1v) is 6.11. The van der Waals surface area contributed by atoms with Crippen molar-refractivity contribution in [2.75, 3.05) is 0 Å². The number of aromatic carboxylic acids is 1. The zero-order valence-electron chi connectivity index (χ0n) is 9.68. The van der Waals surface area contributed by atoms with Gasteiger partial charge in [-0.05, 0) is 23.8 Å². The molecule has 0 fully saturated rings. The van der Waals surface area contributed by atoms with Gasteiger partial charge in [0.05, 0.1) is 12.2 Å². The standard InChI is InChI=1S/C11H10BrFN4O2/c12-7-1-6(2-8(13)3-7)5-17-9(4-14)10(11(18)19)15-16-17/h1-3H,4-5,14H2,(H,18,19). The molecular formula is C11H10BrFN4O2. The van der Waals surface area contributed by atoms with Gasteiger partial charge in [0.25, 0.3) is 0 Å². The van der Waals surface area contributed by atoms with Gasteiger partial charge in [0, 0.05) is 11.0 Å². The van der Waals surface area contributed by atoms with Crippen LogP contribution in [0.15, 0.2) is 22.7 Å². The van der Waals surface area contributed by atoms with E-state index in [2.05, 4.69) is 26.2 Å². The minimum atomic E-state index is -1.19. The highest BCUT2D eigenvalue weighted by molar-refractivity contribution is 9.10. The molecule has 3 N–H and O–H groups in total. The fourth-order valence-corrected chi connectivity index (χ4v) is 2.22. The molecule has 0 saturated carbocycles. The van der Waals surface area contributed by atoms with Gasteiger partial charge in [-0.2, -0.15) is 0 Å². The summed E-state index contributed by atoms with van der Waals surface area (Å²) in [6.45, 7) is 0.189. The molecule has 8 heteroatoms. The van der Waals surface area contributed by atoms with Crippen molar-refractivity contribution in [1.29, 1.82) is 0 Å². The minimum absolute atomic E-state index is 0.00881. The summed E-state index contributed by atoms with van der Waals surface area (Å²) < 4.78 is 15.2. The number of carboxylic acid groups (broad SMARTS) is 1. The van der Waals surface area contributed by atoms with Crippen molar-refractivity contribution < 1.29 is 14.3 Å². The van der Waals surface area contributed by atoms with Crippen molar-refractivity contribution in [1.82, 2.24) is 15.0 Å². The van der Waals surface area contributed by atoms with E-state index < -0.39 is 11.8 Å². The van der Waals surface area contributed by atoms with E-state index in [0.717, 1.165) is 0 Å². The van der Waals surface area contributed by atoms with Gasteiger partial charge in [0.2, 0.25) is 0 Å². The van der Waals surface area contributed by atoms with Crippen LogP contribution in [0.25, 0.3) is 0 Å². The molecule has 0 unspecified atom stereocenters. The predicted octanol–water partition coefficient (Wildman–Crippen LogP) is 1.38. The first-order valence-electron chi connectivity index (χ1n) is 5.32. The fourth-order valence-electron chi connectivity index (χ4n) is 1.70. The van der Waals surface area contributed by atoms with Gasteiger partial charge in [-0.15, -0.1) is 5.10 Å². The number of carboxylic acids is 1. The number of benzene rings is 1. The highest BCUT2D eigenvalue weighted by Crippen LogP contribution is 2.16. The smallest absolute Gasteiger partial charge is 0.358 e. The molecule has 100 valence electrons. The maximum absolute atomic E-state index is 13.3. The van der Waals surface area contributed by atoms with Crippen molar-refractivity contribution in [2.24, 2.45) is 5.73 Å². The lowest BCUT2D eigenvalue weighted by molar-refractivity contribution is 0.0689. The number of halogens is 2. The number of aromatic nitrogens is 3. The monoisotopic (exact) mass is 328 g/mol. The Hall–Kier alpha value is -1.80. The van der Waals surface area contributed by atoms with Gasteiger partial charge < -0.3 is 10.8 Å². The van der Waals surface area contributed by atoms with Gasteiger partial charge in [-0.1, -0.05) is 21.1 Å². The number of rotatable bonds is 4. The van der Waals surface area contributed by atoms with E-state index in [1.54, 1.807) is 6.07 Å². The van der Waals surface area contributed by atoms with Crippen molar-refractivity contribution in [3.63, 3.8) is 0 Å². The molecule has 6 nitrogen and oxygen atoms in total. The Bertz CT molecular complexity index is 609. The van der Waals surface area contributed by atoms with Gasteiger partial charge in [0.1, 0.15) is 5.82 Å². The third-order valence-corrected chi connectivity index (χ3v) is 2.95. The Kier molecular flexibility index (Phi) is 3.91. The van der Waals surface area contributed by atoms with E-state index in [4.69, 9.17) is 10.8 Å². The third-order valence-electron chi connectivity index (χ3n) is 2.49. The van der Waals surface area contributed by atoms with E-state index in [0.29, 0.717) is 15.7 Å². The third kappa shape index (κ3) is 2.96. The van der Waals surface area contributed by atoms with Crippen LogP contribution in [0.5, 0.6) is 0 Å². The molecule has 0 aliphatic carbocycles. The van der Waals surface area contributed by atoms with Crippen LogP contribution in [0.2, 0.25) is 0 Å². The number of nitrogens with two attached hydrogens (primary N) is 1. The van der Waals surface area contributed by atoms with Gasteiger partial charge in [0.15, 0.2) is 5.69 Å². The molecule has 0 amide bonds. The molecule has 0 aliphatic rings. The van der Waals surface area contributed by atoms with Gasteiger partial charge in [-0.25, -0.2) is 13.9 Å². The predicted molar refractivity (Wildman–Crippen MR) is 68.1 cm³/mol. The first kappa shape index (κ1) is 13.6. The molecule has 0 saturated heterocycles. The van der Waals surface area contributed by atoms with Crippen LogP contribution in [0.1, 0.15) is 21.7 Å². The molecule has 1 aromatic carbocycles. The van der Waals surface area contributed by atoms with E-state index in [9.17, 15) is 9.18 Å². The molecule has 0 atom stereocenters. The topological polar surface area (TPSA) is 94.0 Å². The molecule has 19 heavy (non-hydrogen) atoms. The summed E-state index contributed by atoms with van der Waals surface area (Å²) in [6.07, 6.45) is 0. The Labute approximate surface area is 116 Å². The minimum Gasteiger partial charge on any atom is -0.476 e. The summed E-state index contributed by atoms with van der Waals surface area (Å²) in [5.41, 5.74) is 6.24. The van der Waals surface area contributed by atoms with Crippen LogP contribution in [0.4, 0.5) is 4.39 Å². The zero-order chi connectivity index (χ0) is 14.0. The fraction of sp³-hybridized carbons (Fsp3) is 0.182. The summed E-state index contributed by atoms with van der Waals surface area (Å²) in [7, 11) is 0. The molecule has 0 aliphatic heterocycles. The van der Waals surface area contributed by atoms with E-state index in [-0.39, 0.29) is 18.8 Å². The summed E-state index contributed by atoms with van der Waals surface area (Å²) in [5, 5.41) is 16.2. The van der Waals surface area contributed by atoms with Gasteiger partial charge >= 0.3 is 5.97 Å². The second kappa shape index (κ2) is 5.45. The maximum Gasteiger partial charge on any atom is 0.358 e. The Morgan fingerprint density at radius 2 is 2.21 bits per heavy atom. The van der Waals surface area contributed by atoms with Crippen LogP contribution in [0.3, 0.4) is 0 Å². The molecule has 1 aromatic heterocycles. The average Bonchev–Trinajstić information content (AvgIpc) is 2.70. The van der Waals surface area contributed by atoms with Crippen LogP contribution in [0, 0.1) is 5.82 Å². The van der Waals surface area contributed by atoms with Crippen LogP contribution in [-0.4, -0.2) is 26.1 Å². The summed E-state index contributed by atoms with van der Waals surface area (Å²) in [4.78, 5) is 10.9. The molecule has 0 radical (unpaired) electrons. The molecule has 1 heterocycles. The second-order valence-electron chi connectivity index (χ2n) is 3.83. The Balaban J connectivity index is 2.35. The second-order valence-corrected chi connectivity index (χ2v) is 4.75. The molecule has 0 bridgehead atoms. The van der Waals surface area contributed by atoms with E-state index in [1.807, 2.05) is 0 Å². The van der Waals surface area contributed by atoms with Crippen LogP contribution in [-0.2, 0) is 13.1 Å². The SMILES string of the molecule is NCc1c(C(=O)O)nnn1Cc1cc(F)cc(Br)c1. The lowest BCUT2D eigenvalue weighted by atomic mass is 10.2. The Morgan fingerprint density at radius 3 is 2.79 bits per heavy atom. The lowest BCUT2D eigenvalue weighted by Crippen LogP contribution is -2.13. The number of carbonyl (C=O) groups is 1. The highest BCUT2D eigenvalue weighted by Gasteiger charge is 2.17. The number of hydrogen-bond acceptors (Lipinski definition) is 4. The average molecular weight is 329 g/mol. The summed E-state index contributed by atoms with van der Waals surface area (Å²) in [5.74, 6) is -1.58. The van der Waals surface area contributed by atoms with Crippen molar-refractivity contribution in [2.45, 2.75) is 13.1 Å². The van der Waals surface area contributed by atoms with Crippen molar-refractivity contribution in [3.05, 3.63) is 45.4 Å². The lowest BCUT2D eigenvalue weighted by Gasteiger charge is -2.06. The van der Waals surface area contributed by atoms with Crippen LogP contribution < -0.4 is 5.73 Å². The number of nitrogens with zero attached hydrogens (tertiary/aromatic N) is 3. The highest BCUT2D eigenvalue weighted by atomic mass is 79.9. The van der Waals surface area contributed by atoms with Crippen LogP contribution >= 0.6 is 15.9 Å². The normalized spacial score (nSPS) is 10.7. The largest absolute Gasteiger partial charge is 0.476 e. The maximum atomic E-state index is 13.3. The molecule has 2 aromatic rings. The summed E-state index contributed by atoms with van der Waals surface area (Å²) >= 11 is 3.19. The van der Waals surface area contributed by atoms with Gasteiger partial charge in [-0.3, -0.25) is 0 Å². The number of hydrogen-bond donors (Lipinski definition) is 2. The molecule has 0 spiro atoms.